The molecule has 0 N–H and O–H groups in total. The molecule has 2 aromatic carbocycles. The first-order chi connectivity index (χ1) is 11.2. The Morgan fingerprint density at radius 1 is 1.00 bits per heavy atom. The molecule has 1 heterocycles. The maximum atomic E-state index is 13.7. The van der Waals surface area contributed by atoms with E-state index in [1.54, 1.807) is 24.3 Å². The molecule has 0 amide bonds. The topological polar surface area (TPSA) is 30.7 Å². The molecule has 0 aliphatic rings. The minimum absolute atomic E-state index is 0.221. The Kier molecular flexibility index (Phi) is 4.71. The molecule has 3 nitrogen and oxygen atoms in total. The Labute approximate surface area is 137 Å². The van der Waals surface area contributed by atoms with Gasteiger partial charge in [0.15, 0.2) is 11.0 Å². The largest absolute Gasteiger partial charge is 0.302 e. The molecule has 0 bridgehead atoms. The van der Waals surface area contributed by atoms with Crippen molar-refractivity contribution in [3.63, 3.8) is 0 Å². The predicted octanol–water partition coefficient (Wildman–Crippen LogP) is 4.54. The molecule has 0 saturated heterocycles. The van der Waals surface area contributed by atoms with Crippen molar-refractivity contribution in [1.82, 2.24) is 14.8 Å². The maximum Gasteiger partial charge on any atom is 0.191 e. The van der Waals surface area contributed by atoms with Gasteiger partial charge in [0.25, 0.3) is 0 Å². The third-order valence-corrected chi connectivity index (χ3v) is 4.47. The number of rotatable bonds is 5. The number of thioether (sulfide) groups is 1. The Bertz CT molecular complexity index is 800. The molecule has 0 atom stereocenters. The summed E-state index contributed by atoms with van der Waals surface area (Å²) in [5.41, 5.74) is 1.44. The van der Waals surface area contributed by atoms with Crippen LogP contribution in [0, 0.1) is 11.6 Å². The van der Waals surface area contributed by atoms with Crippen molar-refractivity contribution in [2.75, 3.05) is 0 Å². The third-order valence-electron chi connectivity index (χ3n) is 3.45. The van der Waals surface area contributed by atoms with Gasteiger partial charge in [-0.05, 0) is 42.8 Å². The number of hydrogen-bond acceptors (Lipinski definition) is 3. The number of nitrogens with zero attached hydrogens (tertiary/aromatic N) is 3. The number of aromatic nitrogens is 3. The average molecular weight is 331 g/mol. The lowest BCUT2D eigenvalue weighted by molar-refractivity contribution is 0.617. The molecule has 0 radical (unpaired) electrons. The van der Waals surface area contributed by atoms with Crippen LogP contribution in [-0.2, 0) is 12.3 Å². The molecular weight excluding hydrogens is 316 g/mol. The van der Waals surface area contributed by atoms with Crippen molar-refractivity contribution >= 4 is 11.8 Å². The number of halogens is 2. The van der Waals surface area contributed by atoms with Gasteiger partial charge in [-0.3, -0.25) is 0 Å². The fourth-order valence-electron chi connectivity index (χ4n) is 2.25. The Morgan fingerprint density at radius 2 is 1.74 bits per heavy atom. The summed E-state index contributed by atoms with van der Waals surface area (Å²) < 4.78 is 28.7. The molecule has 0 aliphatic carbocycles. The second kappa shape index (κ2) is 6.91. The highest BCUT2D eigenvalue weighted by Crippen LogP contribution is 2.27. The molecule has 0 unspecified atom stereocenters. The average Bonchev–Trinajstić information content (AvgIpc) is 2.97. The molecular formula is C17H15F2N3S. The Hall–Kier alpha value is -2.21. The van der Waals surface area contributed by atoms with Gasteiger partial charge in [-0.25, -0.2) is 8.78 Å². The van der Waals surface area contributed by atoms with E-state index in [9.17, 15) is 8.78 Å². The summed E-state index contributed by atoms with van der Waals surface area (Å²) in [6.45, 7) is 2.67. The fraction of sp³-hybridized carbons (Fsp3) is 0.176. The smallest absolute Gasteiger partial charge is 0.191 e. The first-order valence-corrected chi connectivity index (χ1v) is 8.23. The van der Waals surface area contributed by atoms with E-state index in [1.165, 1.54) is 30.0 Å². The van der Waals surface area contributed by atoms with Gasteiger partial charge in [0.2, 0.25) is 0 Å². The highest BCUT2D eigenvalue weighted by Gasteiger charge is 2.14. The zero-order valence-corrected chi connectivity index (χ0v) is 13.4. The van der Waals surface area contributed by atoms with E-state index >= 15 is 0 Å². The van der Waals surface area contributed by atoms with E-state index in [0.717, 1.165) is 10.7 Å². The van der Waals surface area contributed by atoms with Crippen molar-refractivity contribution in [2.45, 2.75) is 24.4 Å². The molecule has 0 saturated carbocycles. The summed E-state index contributed by atoms with van der Waals surface area (Å²) in [6, 6.07) is 12.8. The lowest BCUT2D eigenvalue weighted by Gasteiger charge is -2.07. The van der Waals surface area contributed by atoms with E-state index in [0.29, 0.717) is 23.7 Å². The summed E-state index contributed by atoms with van der Waals surface area (Å²) in [5.74, 6) is 0.657. The molecule has 0 fully saturated rings. The van der Waals surface area contributed by atoms with Crippen LogP contribution in [0.2, 0.25) is 0 Å². The van der Waals surface area contributed by atoms with Crippen LogP contribution in [0.1, 0.15) is 12.5 Å². The van der Waals surface area contributed by atoms with Gasteiger partial charge in [0.1, 0.15) is 11.6 Å². The van der Waals surface area contributed by atoms with Crippen LogP contribution < -0.4 is 0 Å². The molecule has 6 heteroatoms. The number of hydrogen-bond donors (Lipinski definition) is 0. The van der Waals surface area contributed by atoms with E-state index in [4.69, 9.17) is 0 Å². The van der Waals surface area contributed by atoms with Crippen LogP contribution in [0.25, 0.3) is 11.4 Å². The molecule has 118 valence electrons. The van der Waals surface area contributed by atoms with Crippen LogP contribution in [0.5, 0.6) is 0 Å². The van der Waals surface area contributed by atoms with Gasteiger partial charge in [-0.15, -0.1) is 10.2 Å². The molecule has 0 aliphatic heterocycles. The Balaban J connectivity index is 1.84. The van der Waals surface area contributed by atoms with E-state index < -0.39 is 0 Å². The zero-order chi connectivity index (χ0) is 16.2. The fourth-order valence-corrected chi connectivity index (χ4v) is 3.24. The van der Waals surface area contributed by atoms with Crippen LogP contribution in [-0.4, -0.2) is 14.8 Å². The van der Waals surface area contributed by atoms with Crippen molar-refractivity contribution in [2.24, 2.45) is 0 Å². The van der Waals surface area contributed by atoms with Crippen LogP contribution >= 0.6 is 11.8 Å². The summed E-state index contributed by atoms with van der Waals surface area (Å²) in [7, 11) is 0. The van der Waals surface area contributed by atoms with Gasteiger partial charge in [-0.1, -0.05) is 30.0 Å². The lowest BCUT2D eigenvalue weighted by atomic mass is 10.2. The SMILES string of the molecule is CCn1c(SCc2ccccc2F)nnc1-c1ccc(F)cc1. The van der Waals surface area contributed by atoms with E-state index in [2.05, 4.69) is 10.2 Å². The minimum atomic E-state index is -0.287. The van der Waals surface area contributed by atoms with Gasteiger partial charge in [0, 0.05) is 17.9 Å². The van der Waals surface area contributed by atoms with Crippen molar-refractivity contribution < 1.29 is 8.78 Å². The summed E-state index contributed by atoms with van der Waals surface area (Å²) >= 11 is 1.43. The maximum absolute atomic E-state index is 13.7. The second-order valence-corrected chi connectivity index (χ2v) is 5.88. The summed E-state index contributed by atoms with van der Waals surface area (Å²) in [6.07, 6.45) is 0. The molecule has 0 spiro atoms. The van der Waals surface area contributed by atoms with Crippen LogP contribution in [0.15, 0.2) is 53.7 Å². The Morgan fingerprint density at radius 3 is 2.43 bits per heavy atom. The van der Waals surface area contributed by atoms with E-state index in [-0.39, 0.29) is 11.6 Å². The third kappa shape index (κ3) is 3.42. The molecule has 3 rings (SSSR count). The lowest BCUT2D eigenvalue weighted by Crippen LogP contribution is -2.00. The highest BCUT2D eigenvalue weighted by atomic mass is 32.2. The molecule has 1 aromatic heterocycles. The van der Waals surface area contributed by atoms with Gasteiger partial charge >= 0.3 is 0 Å². The normalized spacial score (nSPS) is 10.9. The van der Waals surface area contributed by atoms with Gasteiger partial charge in [-0.2, -0.15) is 0 Å². The van der Waals surface area contributed by atoms with Crippen LogP contribution in [0.4, 0.5) is 8.78 Å². The van der Waals surface area contributed by atoms with Crippen LogP contribution in [0.3, 0.4) is 0 Å². The minimum Gasteiger partial charge on any atom is -0.302 e. The predicted molar refractivity (Wildman–Crippen MR) is 87.1 cm³/mol. The quantitative estimate of drug-likeness (QED) is 0.643. The zero-order valence-electron chi connectivity index (χ0n) is 12.5. The first-order valence-electron chi connectivity index (χ1n) is 7.24. The number of benzene rings is 2. The molecule has 3 aromatic rings. The highest BCUT2D eigenvalue weighted by molar-refractivity contribution is 7.98. The summed E-state index contributed by atoms with van der Waals surface area (Å²) in [5, 5.41) is 9.11. The first kappa shape index (κ1) is 15.7. The monoisotopic (exact) mass is 331 g/mol. The molecule has 23 heavy (non-hydrogen) atoms. The van der Waals surface area contributed by atoms with Gasteiger partial charge < -0.3 is 4.57 Å². The second-order valence-electron chi connectivity index (χ2n) is 4.94. The summed E-state index contributed by atoms with van der Waals surface area (Å²) in [4.78, 5) is 0. The standard InChI is InChI=1S/C17H15F2N3S/c1-2-22-16(12-7-9-14(18)10-8-12)20-21-17(22)23-11-13-5-3-4-6-15(13)19/h3-10H,2,11H2,1H3. The van der Waals surface area contributed by atoms with E-state index in [1.807, 2.05) is 17.6 Å². The van der Waals surface area contributed by atoms with Gasteiger partial charge in [0.05, 0.1) is 0 Å². The van der Waals surface area contributed by atoms with Crippen molar-refractivity contribution in [3.05, 3.63) is 65.7 Å². The van der Waals surface area contributed by atoms with Crippen molar-refractivity contribution in [3.8, 4) is 11.4 Å². The van der Waals surface area contributed by atoms with Crippen molar-refractivity contribution in [1.29, 1.82) is 0 Å².